The normalized spacial score (nSPS) is 11.3. The van der Waals surface area contributed by atoms with Crippen molar-refractivity contribution in [1.29, 1.82) is 0 Å². The van der Waals surface area contributed by atoms with Crippen molar-refractivity contribution in [2.45, 2.75) is 162 Å². The maximum Gasteiger partial charge on any atom is 0.0314 e. The molecular weight excluding hydrogens is 617 g/mol. The van der Waals surface area contributed by atoms with Crippen molar-refractivity contribution in [1.82, 2.24) is 0 Å². The molecule has 0 spiro atoms. The Labute approximate surface area is 312 Å². The van der Waals surface area contributed by atoms with E-state index in [1.165, 1.54) is 157 Å². The van der Waals surface area contributed by atoms with Crippen LogP contribution in [-0.4, -0.2) is 0 Å². The van der Waals surface area contributed by atoms with Crippen molar-refractivity contribution in [3.63, 3.8) is 0 Å². The molecule has 0 saturated heterocycles. The molecule has 0 aliphatic rings. The van der Waals surface area contributed by atoms with E-state index in [9.17, 15) is 0 Å². The minimum Gasteiger partial charge on any atom is -0.399 e. The van der Waals surface area contributed by atoms with Gasteiger partial charge in [0.2, 0.25) is 0 Å². The third-order valence-electron chi connectivity index (χ3n) is 10.8. The number of nitrogen functional groups attached to an aromatic ring is 2. The van der Waals surface area contributed by atoms with Crippen LogP contribution in [0.5, 0.6) is 0 Å². The lowest BCUT2D eigenvalue weighted by Crippen LogP contribution is -1.99. The topological polar surface area (TPSA) is 52.0 Å². The number of unbranched alkanes of at least 4 members (excludes halogenated alkanes) is 14. The summed E-state index contributed by atoms with van der Waals surface area (Å²) in [5.74, 6) is 0. The van der Waals surface area contributed by atoms with Crippen LogP contribution >= 0.6 is 0 Å². The fourth-order valence-corrected chi connectivity index (χ4v) is 7.63. The molecule has 4 aromatic rings. The lowest BCUT2D eigenvalue weighted by Gasteiger charge is -2.13. The predicted octanol–water partition coefficient (Wildman–Crippen LogP) is 13.6. The van der Waals surface area contributed by atoms with E-state index in [-0.39, 0.29) is 0 Å². The van der Waals surface area contributed by atoms with Crippen molar-refractivity contribution in [2.75, 3.05) is 11.5 Å². The lowest BCUT2D eigenvalue weighted by atomic mass is 9.92. The van der Waals surface area contributed by atoms with Crippen LogP contribution in [-0.2, 0) is 38.5 Å². The number of aryl methyl sites for hydroxylation is 4. The van der Waals surface area contributed by atoms with Gasteiger partial charge in [0, 0.05) is 11.4 Å². The van der Waals surface area contributed by atoms with Crippen molar-refractivity contribution >= 4 is 11.4 Å². The average molecular weight is 687 g/mol. The third kappa shape index (κ3) is 15.7. The molecule has 0 amide bonds. The smallest absolute Gasteiger partial charge is 0.0314 e. The molecule has 276 valence electrons. The highest BCUT2D eigenvalue weighted by molar-refractivity contribution is 5.43. The second-order valence-corrected chi connectivity index (χ2v) is 15.3. The first-order valence-electron chi connectivity index (χ1n) is 20.9. The Hall–Kier alpha value is -3.52. The van der Waals surface area contributed by atoms with Crippen LogP contribution in [0.2, 0.25) is 0 Å². The summed E-state index contributed by atoms with van der Waals surface area (Å²) in [5.41, 5.74) is 25.4. The van der Waals surface area contributed by atoms with E-state index in [0.29, 0.717) is 0 Å². The highest BCUT2D eigenvalue weighted by atomic mass is 14.5. The molecule has 0 radical (unpaired) electrons. The molecule has 0 unspecified atom stereocenters. The molecule has 4 aromatic carbocycles. The lowest BCUT2D eigenvalue weighted by molar-refractivity contribution is 0.576. The van der Waals surface area contributed by atoms with Crippen LogP contribution in [0, 0.1) is 0 Å². The van der Waals surface area contributed by atoms with E-state index < -0.39 is 0 Å². The zero-order valence-electron chi connectivity index (χ0n) is 32.5. The summed E-state index contributed by atoms with van der Waals surface area (Å²) in [6.45, 7) is 4.60. The SMILES string of the molecule is CCCCCCCc1cc(Cc2ccc(N)cc2)ccc1CCCCCCCCCc1ccc(Cc2ccc(N)cc2)cc1CCCCCCC. The van der Waals surface area contributed by atoms with Gasteiger partial charge in [-0.3, -0.25) is 0 Å². The highest BCUT2D eigenvalue weighted by Gasteiger charge is 2.08. The van der Waals surface area contributed by atoms with E-state index in [2.05, 4.69) is 74.5 Å². The largest absolute Gasteiger partial charge is 0.399 e. The molecule has 51 heavy (non-hydrogen) atoms. The van der Waals surface area contributed by atoms with E-state index >= 15 is 0 Å². The summed E-state index contributed by atoms with van der Waals surface area (Å²) >= 11 is 0. The average Bonchev–Trinajstić information content (AvgIpc) is 3.14. The number of hydrogen-bond acceptors (Lipinski definition) is 2. The zero-order chi connectivity index (χ0) is 35.9. The minimum atomic E-state index is 0.840. The second kappa shape index (κ2) is 23.9. The molecule has 2 nitrogen and oxygen atoms in total. The number of hydrogen-bond donors (Lipinski definition) is 2. The molecule has 0 aromatic heterocycles. The Morgan fingerprint density at radius 1 is 0.314 bits per heavy atom. The van der Waals surface area contributed by atoms with Gasteiger partial charge in [0.1, 0.15) is 0 Å². The molecule has 0 saturated carbocycles. The van der Waals surface area contributed by atoms with Crippen LogP contribution in [0.15, 0.2) is 84.9 Å². The Balaban J connectivity index is 1.19. The monoisotopic (exact) mass is 687 g/mol. The van der Waals surface area contributed by atoms with Gasteiger partial charge in [-0.15, -0.1) is 0 Å². The standard InChI is InChI=1S/C49H70N2/c1-3-5-7-12-18-22-46-38-42(36-40-26-32-48(50)33-27-40)24-30-44(46)20-16-14-10-9-11-15-17-21-45-31-25-43(37-41-28-34-49(51)35-29-41)39-47(45)23-19-13-8-6-4-2/h24-35,38-39H,3-23,36-37,50-51H2,1-2H3. The maximum atomic E-state index is 5.93. The van der Waals surface area contributed by atoms with Gasteiger partial charge in [-0.1, -0.05) is 158 Å². The molecule has 0 aliphatic carbocycles. The van der Waals surface area contributed by atoms with Crippen LogP contribution < -0.4 is 11.5 Å². The Morgan fingerprint density at radius 3 is 0.961 bits per heavy atom. The van der Waals surface area contributed by atoms with Crippen LogP contribution in [0.25, 0.3) is 0 Å². The number of benzene rings is 4. The first-order chi connectivity index (χ1) is 25.0. The number of nitrogens with two attached hydrogens (primary N) is 2. The number of anilines is 2. The molecule has 2 heteroatoms. The fraction of sp³-hybridized carbons (Fsp3) is 0.510. The molecule has 0 heterocycles. The maximum absolute atomic E-state index is 5.93. The Bertz CT molecular complexity index is 1390. The van der Waals surface area contributed by atoms with Gasteiger partial charge in [0.25, 0.3) is 0 Å². The van der Waals surface area contributed by atoms with E-state index in [4.69, 9.17) is 11.5 Å². The van der Waals surface area contributed by atoms with Crippen molar-refractivity contribution in [3.05, 3.63) is 129 Å². The van der Waals surface area contributed by atoms with Gasteiger partial charge in [0.15, 0.2) is 0 Å². The van der Waals surface area contributed by atoms with Crippen LogP contribution in [0.1, 0.15) is 168 Å². The quantitative estimate of drug-likeness (QED) is 0.0510. The van der Waals surface area contributed by atoms with Crippen LogP contribution in [0.3, 0.4) is 0 Å². The molecule has 0 aliphatic heterocycles. The zero-order valence-corrected chi connectivity index (χ0v) is 32.5. The van der Waals surface area contributed by atoms with E-state index in [0.717, 1.165) is 24.2 Å². The van der Waals surface area contributed by atoms with Crippen molar-refractivity contribution < 1.29 is 0 Å². The summed E-state index contributed by atoms with van der Waals surface area (Å²) in [7, 11) is 0. The molecule has 4 N–H and O–H groups in total. The van der Waals surface area contributed by atoms with Gasteiger partial charge >= 0.3 is 0 Å². The van der Waals surface area contributed by atoms with Crippen molar-refractivity contribution in [3.8, 4) is 0 Å². The molecule has 0 fully saturated rings. The molecule has 4 rings (SSSR count). The van der Waals surface area contributed by atoms with E-state index in [1.54, 1.807) is 22.3 Å². The van der Waals surface area contributed by atoms with Gasteiger partial charge in [-0.05, 0) is 133 Å². The van der Waals surface area contributed by atoms with Gasteiger partial charge in [-0.25, -0.2) is 0 Å². The van der Waals surface area contributed by atoms with Gasteiger partial charge in [-0.2, -0.15) is 0 Å². The van der Waals surface area contributed by atoms with E-state index in [1.807, 2.05) is 24.3 Å². The Kier molecular flexibility index (Phi) is 18.8. The predicted molar refractivity (Wildman–Crippen MR) is 225 cm³/mol. The van der Waals surface area contributed by atoms with Crippen molar-refractivity contribution in [2.24, 2.45) is 0 Å². The number of rotatable bonds is 26. The minimum absolute atomic E-state index is 0.840. The first-order valence-corrected chi connectivity index (χ1v) is 20.9. The fourth-order valence-electron chi connectivity index (χ4n) is 7.63. The molecule has 0 atom stereocenters. The summed E-state index contributed by atoms with van der Waals surface area (Å²) < 4.78 is 0. The summed E-state index contributed by atoms with van der Waals surface area (Å²) in [5, 5.41) is 0. The van der Waals surface area contributed by atoms with Gasteiger partial charge in [0.05, 0.1) is 0 Å². The summed E-state index contributed by atoms with van der Waals surface area (Å²) in [6.07, 6.45) is 29.7. The van der Waals surface area contributed by atoms with Gasteiger partial charge < -0.3 is 11.5 Å². The first kappa shape index (κ1) is 40.3. The summed E-state index contributed by atoms with van der Waals surface area (Å²) in [4.78, 5) is 0. The van der Waals surface area contributed by atoms with Crippen LogP contribution in [0.4, 0.5) is 11.4 Å². The highest BCUT2D eigenvalue weighted by Crippen LogP contribution is 2.24. The summed E-state index contributed by atoms with van der Waals surface area (Å²) in [6, 6.07) is 31.4. The second-order valence-electron chi connectivity index (χ2n) is 15.3. The molecule has 0 bridgehead atoms. The Morgan fingerprint density at radius 2 is 0.608 bits per heavy atom. The third-order valence-corrected chi connectivity index (χ3v) is 10.8. The molecular formula is C49H70N2.